The smallest absolute Gasteiger partial charge is 0.181 e. The van der Waals surface area contributed by atoms with Gasteiger partial charge in [-0.1, -0.05) is 13.0 Å². The molecule has 0 aliphatic heterocycles. The largest absolute Gasteiger partial charge is 0.374 e. The molecule has 0 radical (unpaired) electrons. The summed E-state index contributed by atoms with van der Waals surface area (Å²) < 4.78 is 0. The molecular weight excluding hydrogens is 448 g/mol. The van der Waals surface area contributed by atoms with Crippen molar-refractivity contribution >= 4 is 39.2 Å². The molecule has 0 aliphatic rings. The first-order valence-electron chi connectivity index (χ1n) is 10.8. The highest BCUT2D eigenvalue weighted by Crippen LogP contribution is 2.33. The van der Waals surface area contributed by atoms with Gasteiger partial charge in [0.1, 0.15) is 11.9 Å². The quantitative estimate of drug-likeness (QED) is 0.258. The molecule has 168 valence electrons. The Morgan fingerprint density at radius 1 is 1.09 bits per heavy atom. The number of rotatable bonds is 6. The summed E-state index contributed by atoms with van der Waals surface area (Å²) in [5.74, 6) is 0.646. The Balaban J connectivity index is 1.43. The molecule has 1 unspecified atom stereocenters. The third-order valence-electron chi connectivity index (χ3n) is 5.62. The molecule has 6 aromatic rings. The molecule has 0 saturated carbocycles. The van der Waals surface area contributed by atoms with E-state index in [1.54, 1.807) is 36.1 Å². The maximum Gasteiger partial charge on any atom is 0.181 e. The van der Waals surface area contributed by atoms with Crippen molar-refractivity contribution < 1.29 is 5.11 Å². The van der Waals surface area contributed by atoms with E-state index in [4.69, 9.17) is 4.98 Å². The lowest BCUT2D eigenvalue weighted by atomic mass is 10.1. The number of imidazole rings is 1. The third kappa shape index (κ3) is 3.58. The lowest BCUT2D eigenvalue weighted by Gasteiger charge is -2.12. The Labute approximate surface area is 198 Å². The maximum atomic E-state index is 9.91. The molecule has 9 nitrogen and oxygen atoms in total. The zero-order valence-corrected chi connectivity index (χ0v) is 19.0. The summed E-state index contributed by atoms with van der Waals surface area (Å²) in [7, 11) is 0. The summed E-state index contributed by atoms with van der Waals surface area (Å²) in [6.07, 6.45) is 6.96. The number of nitrogens with one attached hydrogen (secondary N) is 3. The molecule has 0 aromatic carbocycles. The molecule has 10 heteroatoms. The second kappa shape index (κ2) is 8.32. The summed E-state index contributed by atoms with van der Waals surface area (Å²) >= 11 is 1.67. The second-order valence-electron chi connectivity index (χ2n) is 7.84. The Kier molecular flexibility index (Phi) is 5.01. The standard InChI is InChI=1S/C24H20N8OS/c1-2-19(33)28-15-8-13(10-25-12-15)14-9-17-21(31-32-22(17)27-11-14)24-29-20-16(18-4-3-7-34-18)5-6-26-23(20)30-24/h3-12,19,28,33H,2H2,1H3,(H,26,29,30)(H,27,31,32). The highest BCUT2D eigenvalue weighted by molar-refractivity contribution is 7.13. The fraction of sp³-hybridized carbons (Fsp3) is 0.125. The van der Waals surface area contributed by atoms with Crippen LogP contribution in [0.25, 0.3) is 55.3 Å². The van der Waals surface area contributed by atoms with Gasteiger partial charge in [-0.2, -0.15) is 5.10 Å². The second-order valence-corrected chi connectivity index (χ2v) is 8.79. The van der Waals surface area contributed by atoms with Gasteiger partial charge in [0, 0.05) is 40.2 Å². The number of anilines is 1. The first-order valence-corrected chi connectivity index (χ1v) is 11.7. The molecule has 0 bridgehead atoms. The van der Waals surface area contributed by atoms with Crippen LogP contribution < -0.4 is 5.32 Å². The van der Waals surface area contributed by atoms with Gasteiger partial charge in [-0.15, -0.1) is 11.3 Å². The molecule has 0 amide bonds. The van der Waals surface area contributed by atoms with Crippen molar-refractivity contribution in [3.05, 3.63) is 60.5 Å². The number of H-pyrrole nitrogens is 2. The van der Waals surface area contributed by atoms with Gasteiger partial charge in [-0.25, -0.2) is 15.0 Å². The number of nitrogens with zero attached hydrogens (tertiary/aromatic N) is 5. The minimum Gasteiger partial charge on any atom is -0.374 e. The SMILES string of the molecule is CCC(O)Nc1cncc(-c2cnc3n[nH]c(-c4nc5nccc(-c6cccs6)c5[nH]4)c3c2)c1. The molecule has 0 aliphatic carbocycles. The zero-order chi connectivity index (χ0) is 23.1. The van der Waals surface area contributed by atoms with E-state index in [2.05, 4.69) is 46.9 Å². The lowest BCUT2D eigenvalue weighted by Crippen LogP contribution is -2.16. The molecule has 0 saturated heterocycles. The Bertz CT molecular complexity index is 1600. The number of aromatic nitrogens is 7. The summed E-state index contributed by atoms with van der Waals surface area (Å²) in [5.41, 5.74) is 6.41. The predicted molar refractivity (Wildman–Crippen MR) is 133 cm³/mol. The van der Waals surface area contributed by atoms with Crippen LogP contribution in [0.1, 0.15) is 13.3 Å². The van der Waals surface area contributed by atoms with Crippen LogP contribution in [0.3, 0.4) is 0 Å². The number of hydrogen-bond donors (Lipinski definition) is 4. The van der Waals surface area contributed by atoms with E-state index in [0.29, 0.717) is 23.5 Å². The van der Waals surface area contributed by atoms with Crippen LogP contribution in [0.4, 0.5) is 5.69 Å². The first kappa shape index (κ1) is 20.5. The molecular formula is C24H20N8OS. The van der Waals surface area contributed by atoms with E-state index in [1.807, 2.05) is 31.2 Å². The predicted octanol–water partition coefficient (Wildman–Crippen LogP) is 4.83. The number of hydrogen-bond acceptors (Lipinski definition) is 8. The van der Waals surface area contributed by atoms with Gasteiger partial charge >= 0.3 is 0 Å². The highest BCUT2D eigenvalue weighted by Gasteiger charge is 2.17. The molecule has 0 spiro atoms. The average Bonchev–Trinajstić information content (AvgIpc) is 3.62. The average molecular weight is 469 g/mol. The van der Waals surface area contributed by atoms with Crippen molar-refractivity contribution in [2.45, 2.75) is 19.6 Å². The molecule has 0 fully saturated rings. The third-order valence-corrected chi connectivity index (χ3v) is 6.52. The van der Waals surface area contributed by atoms with Gasteiger partial charge in [-0.3, -0.25) is 10.1 Å². The van der Waals surface area contributed by atoms with E-state index >= 15 is 0 Å². The summed E-state index contributed by atoms with van der Waals surface area (Å²) in [4.78, 5) is 22.6. The van der Waals surface area contributed by atoms with Gasteiger partial charge in [0.2, 0.25) is 0 Å². The zero-order valence-electron chi connectivity index (χ0n) is 18.1. The molecule has 6 aromatic heterocycles. The summed E-state index contributed by atoms with van der Waals surface area (Å²) in [6, 6.07) is 10.1. The minimum absolute atomic E-state index is 0.592. The highest BCUT2D eigenvalue weighted by atomic mass is 32.1. The Morgan fingerprint density at radius 3 is 2.85 bits per heavy atom. The summed E-state index contributed by atoms with van der Waals surface area (Å²) in [5, 5.41) is 23.3. The maximum absolute atomic E-state index is 9.91. The topological polar surface area (TPSA) is 128 Å². The van der Waals surface area contributed by atoms with Crippen molar-refractivity contribution in [2.24, 2.45) is 0 Å². The molecule has 4 N–H and O–H groups in total. The van der Waals surface area contributed by atoms with Crippen molar-refractivity contribution in [1.29, 1.82) is 0 Å². The molecule has 1 atom stereocenters. The van der Waals surface area contributed by atoms with Gasteiger partial charge in [0.25, 0.3) is 0 Å². The Morgan fingerprint density at radius 2 is 2.00 bits per heavy atom. The number of thiophene rings is 1. The number of pyridine rings is 3. The van der Waals surface area contributed by atoms with Crippen molar-refractivity contribution in [1.82, 2.24) is 35.1 Å². The van der Waals surface area contributed by atoms with E-state index in [0.717, 1.165) is 43.9 Å². The van der Waals surface area contributed by atoms with Crippen molar-refractivity contribution in [2.75, 3.05) is 5.32 Å². The normalized spacial score (nSPS) is 12.4. The van der Waals surface area contributed by atoms with E-state index < -0.39 is 6.23 Å². The van der Waals surface area contributed by atoms with E-state index in [-0.39, 0.29) is 0 Å². The molecule has 6 heterocycles. The lowest BCUT2D eigenvalue weighted by molar-refractivity contribution is 0.199. The van der Waals surface area contributed by atoms with Crippen LogP contribution in [0.5, 0.6) is 0 Å². The van der Waals surface area contributed by atoms with Crippen LogP contribution in [0.2, 0.25) is 0 Å². The van der Waals surface area contributed by atoms with Crippen molar-refractivity contribution in [3.63, 3.8) is 0 Å². The van der Waals surface area contributed by atoms with Crippen LogP contribution in [0.15, 0.2) is 60.5 Å². The van der Waals surface area contributed by atoms with Crippen LogP contribution >= 0.6 is 11.3 Å². The first-order chi connectivity index (χ1) is 16.7. The molecule has 34 heavy (non-hydrogen) atoms. The number of aliphatic hydroxyl groups excluding tert-OH is 1. The number of aliphatic hydroxyl groups is 1. The van der Waals surface area contributed by atoms with Crippen LogP contribution in [-0.4, -0.2) is 46.5 Å². The fourth-order valence-electron chi connectivity index (χ4n) is 3.88. The summed E-state index contributed by atoms with van der Waals surface area (Å²) in [6.45, 7) is 1.91. The minimum atomic E-state index is -0.626. The van der Waals surface area contributed by atoms with Crippen LogP contribution in [-0.2, 0) is 0 Å². The molecule has 6 rings (SSSR count). The van der Waals surface area contributed by atoms with Crippen molar-refractivity contribution in [3.8, 4) is 33.1 Å². The van der Waals surface area contributed by atoms with Gasteiger partial charge in [0.05, 0.1) is 22.8 Å². The number of fused-ring (bicyclic) bond motifs is 2. The van der Waals surface area contributed by atoms with E-state index in [1.165, 1.54) is 0 Å². The van der Waals surface area contributed by atoms with Gasteiger partial charge in [0.15, 0.2) is 17.1 Å². The fourth-order valence-corrected chi connectivity index (χ4v) is 4.63. The Hall–Kier alpha value is -4.15. The number of aromatic amines is 2. The van der Waals surface area contributed by atoms with Gasteiger partial charge in [-0.05, 0) is 36.1 Å². The monoisotopic (exact) mass is 468 g/mol. The van der Waals surface area contributed by atoms with E-state index in [9.17, 15) is 5.11 Å². The van der Waals surface area contributed by atoms with Crippen LogP contribution in [0, 0.1) is 0 Å². The van der Waals surface area contributed by atoms with Gasteiger partial charge < -0.3 is 15.4 Å².